The normalized spacial score (nSPS) is 15.2. The van der Waals surface area contributed by atoms with E-state index in [-0.39, 0.29) is 29.8 Å². The smallest absolute Gasteiger partial charge is 0.426 e. The van der Waals surface area contributed by atoms with Crippen LogP contribution >= 0.6 is 0 Å². The van der Waals surface area contributed by atoms with Gasteiger partial charge in [-0.1, -0.05) is 55.3 Å². The summed E-state index contributed by atoms with van der Waals surface area (Å²) in [6, 6.07) is 9.76. The predicted octanol–water partition coefficient (Wildman–Crippen LogP) is 10.2. The molecule has 1 fully saturated rings. The maximum Gasteiger partial charge on any atom is 0.426 e. The Hall–Kier alpha value is -4.72. The van der Waals surface area contributed by atoms with Crippen molar-refractivity contribution < 1.29 is 46.1 Å². The molecule has 2 aromatic heterocycles. The van der Waals surface area contributed by atoms with Gasteiger partial charge in [0.2, 0.25) is 11.5 Å². The van der Waals surface area contributed by atoms with Crippen LogP contribution in [-0.4, -0.2) is 50.9 Å². The molecule has 0 saturated heterocycles. The number of rotatable bonds is 15. The average molecular weight is 743 g/mol. The quantitative estimate of drug-likeness (QED) is 0.139. The lowest BCUT2D eigenvalue weighted by Gasteiger charge is -2.32. The van der Waals surface area contributed by atoms with E-state index in [0.29, 0.717) is 28.4 Å². The average Bonchev–Trinajstić information content (AvgIpc) is 3.72. The van der Waals surface area contributed by atoms with Crippen molar-refractivity contribution in [2.75, 3.05) is 4.90 Å². The lowest BCUT2D eigenvalue weighted by molar-refractivity contribution is -0.299. The molecule has 2 atom stereocenters. The van der Waals surface area contributed by atoms with E-state index in [1.807, 2.05) is 0 Å². The van der Waals surface area contributed by atoms with Gasteiger partial charge in [0.05, 0.1) is 12.3 Å². The molecule has 0 aliphatic heterocycles. The van der Waals surface area contributed by atoms with Gasteiger partial charge >= 0.3 is 18.4 Å². The third-order valence-electron chi connectivity index (χ3n) is 8.00. The molecule has 1 saturated carbocycles. The molecule has 1 aliphatic carbocycles. The molecule has 1 aliphatic rings. The monoisotopic (exact) mass is 742 g/mol. The number of hydrogen-bond donors (Lipinski definition) is 0. The molecule has 0 spiro atoms. The van der Waals surface area contributed by atoms with Crippen LogP contribution < -0.4 is 9.64 Å². The number of aryl methyl sites for hydroxylation is 1. The van der Waals surface area contributed by atoms with Gasteiger partial charge in [-0.25, -0.2) is 14.6 Å². The van der Waals surface area contributed by atoms with Crippen LogP contribution in [0.5, 0.6) is 5.88 Å². The molecule has 53 heavy (non-hydrogen) atoms. The summed E-state index contributed by atoms with van der Waals surface area (Å²) in [6.07, 6.45) is -1.96. The topological polar surface area (TPSA) is 126 Å². The van der Waals surface area contributed by atoms with Crippen molar-refractivity contribution in [1.82, 2.24) is 15.2 Å². The van der Waals surface area contributed by atoms with E-state index in [4.69, 9.17) is 23.4 Å². The fourth-order valence-electron chi connectivity index (χ4n) is 5.33. The Morgan fingerprint density at radius 2 is 1.60 bits per heavy atom. The summed E-state index contributed by atoms with van der Waals surface area (Å²) in [5, 5.41) is 7.85. The summed E-state index contributed by atoms with van der Waals surface area (Å²) in [7, 11) is 0. The summed E-state index contributed by atoms with van der Waals surface area (Å²) < 4.78 is 74.7. The number of alkyl halides is 3. The molecular weight excluding hydrogens is 693 g/mol. The number of allylic oxidation sites excluding steroid dienone is 1. The van der Waals surface area contributed by atoms with Gasteiger partial charge in [0, 0.05) is 12.0 Å². The molecule has 288 valence electrons. The predicted molar refractivity (Wildman–Crippen MR) is 192 cm³/mol. The van der Waals surface area contributed by atoms with Crippen LogP contribution in [0, 0.1) is 12.8 Å². The van der Waals surface area contributed by atoms with Crippen LogP contribution in [0.25, 0.3) is 11.6 Å². The third-order valence-corrected chi connectivity index (χ3v) is 8.00. The molecule has 14 heteroatoms. The lowest BCUT2D eigenvalue weighted by Crippen LogP contribution is -2.45. The van der Waals surface area contributed by atoms with E-state index in [1.54, 1.807) is 84.9 Å². The van der Waals surface area contributed by atoms with E-state index in [1.165, 1.54) is 12.1 Å². The van der Waals surface area contributed by atoms with Gasteiger partial charge in [-0.05, 0) is 85.3 Å². The van der Waals surface area contributed by atoms with Crippen molar-refractivity contribution in [2.45, 2.75) is 123 Å². The lowest BCUT2D eigenvalue weighted by atomic mass is 9.96. The van der Waals surface area contributed by atoms with Crippen LogP contribution in [0.2, 0.25) is 0 Å². The standard InChI is InChI=1S/C39H49F3N4O7/c1-10-12-21-38(39(40,41)42,49-24-27-17-14-13-15-18-27)33-45-44-32(51-33)30-29(46(34(47)52-36(4,5)6)35(48)53-37(7,8)9)22-25(3)31(43-30)50-28(16-11-2)23-26-19-20-26/h10-11,13-15,17-18,22,26,28H,1-2,12,16,19-21,23-24H2,3-9H3/t28?,38-/m1/s1. The van der Waals surface area contributed by atoms with Gasteiger partial charge in [-0.3, -0.25) is 0 Å². The minimum Gasteiger partial charge on any atom is -0.474 e. The highest BCUT2D eigenvalue weighted by molar-refractivity contribution is 6.11. The summed E-state index contributed by atoms with van der Waals surface area (Å²) in [4.78, 5) is 32.8. The third kappa shape index (κ3) is 10.9. The maximum absolute atomic E-state index is 15.2. The number of pyridine rings is 1. The SMILES string of the molecule is C=CCC[C@@](OCc1ccccc1)(c1nnc(-c2nc(OC(CC=C)CC3CC3)c(C)cc2N(C(=O)OC(C)(C)C)C(=O)OC(C)(C)C)o1)C(F)(F)F. The molecule has 0 bridgehead atoms. The Labute approximate surface area is 308 Å². The second-order valence-electron chi connectivity index (χ2n) is 15.1. The fraction of sp³-hybridized carbons (Fsp3) is 0.513. The number of imide groups is 1. The highest BCUT2D eigenvalue weighted by Gasteiger charge is 2.61. The molecule has 1 unspecified atom stereocenters. The number of nitrogens with zero attached hydrogens (tertiary/aromatic N) is 4. The minimum absolute atomic E-state index is 0.0818. The number of ether oxygens (including phenoxy) is 4. The Kier molecular flexibility index (Phi) is 12.8. The summed E-state index contributed by atoms with van der Waals surface area (Å²) in [5.74, 6) is -0.893. The maximum atomic E-state index is 15.2. The number of aromatic nitrogens is 3. The number of carbonyl (C=O) groups excluding carboxylic acids is 2. The van der Waals surface area contributed by atoms with Gasteiger partial charge in [-0.15, -0.1) is 23.4 Å². The number of halogens is 3. The number of amides is 2. The highest BCUT2D eigenvalue weighted by atomic mass is 19.4. The first-order chi connectivity index (χ1) is 24.8. The molecule has 0 radical (unpaired) electrons. The summed E-state index contributed by atoms with van der Waals surface area (Å²) in [6.45, 7) is 18.3. The van der Waals surface area contributed by atoms with Crippen molar-refractivity contribution in [3.8, 4) is 17.5 Å². The van der Waals surface area contributed by atoms with Crippen LogP contribution in [0.15, 0.2) is 66.1 Å². The zero-order valence-electron chi connectivity index (χ0n) is 31.4. The van der Waals surface area contributed by atoms with Crippen LogP contribution in [-0.2, 0) is 26.4 Å². The van der Waals surface area contributed by atoms with Crippen molar-refractivity contribution in [3.63, 3.8) is 0 Å². The van der Waals surface area contributed by atoms with Gasteiger partial charge in [-0.2, -0.15) is 18.1 Å². The summed E-state index contributed by atoms with van der Waals surface area (Å²) in [5.41, 5.74) is -4.88. The number of anilines is 1. The van der Waals surface area contributed by atoms with Crippen molar-refractivity contribution >= 4 is 17.9 Å². The van der Waals surface area contributed by atoms with Gasteiger partial charge in [0.15, 0.2) is 5.69 Å². The van der Waals surface area contributed by atoms with E-state index >= 15 is 13.2 Å². The van der Waals surface area contributed by atoms with E-state index in [0.717, 1.165) is 19.3 Å². The van der Waals surface area contributed by atoms with Crippen LogP contribution in [0.4, 0.5) is 28.4 Å². The van der Waals surface area contributed by atoms with Crippen molar-refractivity contribution in [3.05, 3.63) is 78.7 Å². The van der Waals surface area contributed by atoms with Crippen molar-refractivity contribution in [2.24, 2.45) is 5.92 Å². The van der Waals surface area contributed by atoms with Crippen LogP contribution in [0.3, 0.4) is 0 Å². The zero-order valence-corrected chi connectivity index (χ0v) is 31.4. The first kappa shape index (κ1) is 41.0. The highest BCUT2D eigenvalue weighted by Crippen LogP contribution is 2.47. The molecule has 0 N–H and O–H groups in total. The number of benzene rings is 1. The largest absolute Gasteiger partial charge is 0.474 e. The second-order valence-corrected chi connectivity index (χ2v) is 15.1. The van der Waals surface area contributed by atoms with Crippen molar-refractivity contribution in [1.29, 1.82) is 0 Å². The van der Waals surface area contributed by atoms with E-state index in [9.17, 15) is 9.59 Å². The Morgan fingerprint density at radius 3 is 2.13 bits per heavy atom. The Morgan fingerprint density at radius 1 is 0.981 bits per heavy atom. The molecule has 4 rings (SSSR count). The van der Waals surface area contributed by atoms with E-state index < -0.39 is 60.0 Å². The molecule has 11 nitrogen and oxygen atoms in total. The first-order valence-electron chi connectivity index (χ1n) is 17.5. The van der Waals surface area contributed by atoms with E-state index in [2.05, 4.69) is 28.3 Å². The Bertz CT molecular complexity index is 1720. The summed E-state index contributed by atoms with van der Waals surface area (Å²) >= 11 is 0. The molecule has 3 aromatic rings. The van der Waals surface area contributed by atoms with Gasteiger partial charge in [0.1, 0.15) is 17.3 Å². The molecule has 2 amide bonds. The Balaban J connectivity index is 1.93. The molecule has 1 aromatic carbocycles. The fourth-order valence-corrected chi connectivity index (χ4v) is 5.33. The van der Waals surface area contributed by atoms with Gasteiger partial charge < -0.3 is 23.4 Å². The number of hydrogen-bond acceptors (Lipinski definition) is 10. The second kappa shape index (κ2) is 16.5. The van der Waals surface area contributed by atoms with Crippen LogP contribution in [0.1, 0.15) is 97.1 Å². The molecule has 2 heterocycles. The first-order valence-corrected chi connectivity index (χ1v) is 17.5. The number of carbonyl (C=O) groups is 2. The zero-order chi connectivity index (χ0) is 39.2. The minimum atomic E-state index is -5.04. The molecular formula is C39H49F3N4O7. The van der Waals surface area contributed by atoms with Gasteiger partial charge in [0.25, 0.3) is 11.8 Å².